The summed E-state index contributed by atoms with van der Waals surface area (Å²) in [4.78, 5) is 23.9. The van der Waals surface area contributed by atoms with Gasteiger partial charge in [-0.1, -0.05) is 11.8 Å². The molecule has 1 N–H and O–H groups in total. The molecule has 0 fully saturated rings. The first-order valence-electron chi connectivity index (χ1n) is 7.41. The SMILES string of the molecule is C[C@H](Sc1nnc(C(F)(F)F)n1C)C(=O)c1ccc2c(c1)NC(=O)CO2. The van der Waals surface area contributed by atoms with Gasteiger partial charge in [0.05, 0.1) is 10.9 Å². The molecule has 1 aromatic carbocycles. The van der Waals surface area contributed by atoms with E-state index in [0.29, 0.717) is 17.0 Å². The van der Waals surface area contributed by atoms with Crippen molar-refractivity contribution in [2.24, 2.45) is 7.05 Å². The van der Waals surface area contributed by atoms with Gasteiger partial charge in [0, 0.05) is 12.6 Å². The summed E-state index contributed by atoms with van der Waals surface area (Å²) in [7, 11) is 1.19. The highest BCUT2D eigenvalue weighted by molar-refractivity contribution is 8.00. The van der Waals surface area contributed by atoms with Gasteiger partial charge >= 0.3 is 6.18 Å². The smallest absolute Gasteiger partial charge is 0.451 e. The van der Waals surface area contributed by atoms with Crippen molar-refractivity contribution in [3.63, 3.8) is 0 Å². The number of Topliss-reactive ketones (excluding diaryl/α,β-unsaturated/α-hetero) is 1. The molecule has 1 aliphatic rings. The van der Waals surface area contributed by atoms with E-state index in [1.807, 2.05) is 0 Å². The largest absolute Gasteiger partial charge is 0.482 e. The van der Waals surface area contributed by atoms with Crippen molar-refractivity contribution in [3.8, 4) is 5.75 Å². The highest BCUT2D eigenvalue weighted by Gasteiger charge is 2.38. The van der Waals surface area contributed by atoms with Gasteiger partial charge in [-0.15, -0.1) is 10.2 Å². The molecule has 26 heavy (non-hydrogen) atoms. The summed E-state index contributed by atoms with van der Waals surface area (Å²) >= 11 is 0.869. The summed E-state index contributed by atoms with van der Waals surface area (Å²) in [6.45, 7) is 1.46. The van der Waals surface area contributed by atoms with Gasteiger partial charge in [0.25, 0.3) is 5.91 Å². The van der Waals surface area contributed by atoms with E-state index in [9.17, 15) is 22.8 Å². The number of fused-ring (bicyclic) bond motifs is 1. The minimum atomic E-state index is -4.62. The lowest BCUT2D eigenvalue weighted by Crippen LogP contribution is -2.25. The number of benzene rings is 1. The van der Waals surface area contributed by atoms with Gasteiger partial charge in [-0.25, -0.2) is 0 Å². The fourth-order valence-electron chi connectivity index (χ4n) is 2.35. The quantitative estimate of drug-likeness (QED) is 0.642. The van der Waals surface area contributed by atoms with Crippen molar-refractivity contribution in [2.75, 3.05) is 11.9 Å². The first-order chi connectivity index (χ1) is 12.2. The summed E-state index contributed by atoms with van der Waals surface area (Å²) in [5.41, 5.74) is 0.676. The third kappa shape index (κ3) is 3.52. The molecule has 0 radical (unpaired) electrons. The molecule has 7 nitrogen and oxygen atoms in total. The Bertz CT molecular complexity index is 882. The van der Waals surface area contributed by atoms with Crippen LogP contribution in [0.25, 0.3) is 0 Å². The third-order valence-corrected chi connectivity index (χ3v) is 4.77. The van der Waals surface area contributed by atoms with Gasteiger partial charge in [0.15, 0.2) is 17.5 Å². The van der Waals surface area contributed by atoms with Crippen molar-refractivity contribution in [1.82, 2.24) is 14.8 Å². The zero-order valence-corrected chi connectivity index (χ0v) is 14.4. The lowest BCUT2D eigenvalue weighted by Gasteiger charge is -2.19. The lowest BCUT2D eigenvalue weighted by molar-refractivity contribution is -0.147. The van der Waals surface area contributed by atoms with Crippen molar-refractivity contribution >= 4 is 29.1 Å². The number of nitrogens with one attached hydrogen (secondary N) is 1. The summed E-state index contributed by atoms with van der Waals surface area (Å²) in [6, 6.07) is 4.57. The van der Waals surface area contributed by atoms with Gasteiger partial charge < -0.3 is 14.6 Å². The molecular formula is C15H13F3N4O3S. The number of halogens is 3. The Kier molecular flexibility index (Phi) is 4.65. The summed E-state index contributed by atoms with van der Waals surface area (Å²) in [5.74, 6) is -1.34. The topological polar surface area (TPSA) is 86.1 Å². The molecule has 138 valence electrons. The van der Waals surface area contributed by atoms with Gasteiger partial charge in [-0.3, -0.25) is 9.59 Å². The average Bonchev–Trinajstić information content (AvgIpc) is 2.94. The molecule has 0 aliphatic carbocycles. The van der Waals surface area contributed by atoms with E-state index >= 15 is 0 Å². The molecule has 1 aromatic heterocycles. The van der Waals surface area contributed by atoms with Gasteiger partial charge in [-0.2, -0.15) is 13.2 Å². The van der Waals surface area contributed by atoms with Crippen LogP contribution in [0.15, 0.2) is 23.4 Å². The number of aromatic nitrogens is 3. The van der Waals surface area contributed by atoms with Crippen LogP contribution in [-0.4, -0.2) is 38.3 Å². The number of hydrogen-bond donors (Lipinski definition) is 1. The van der Waals surface area contributed by atoms with E-state index in [1.54, 1.807) is 13.0 Å². The number of nitrogens with zero attached hydrogens (tertiary/aromatic N) is 3. The molecular weight excluding hydrogens is 373 g/mol. The van der Waals surface area contributed by atoms with Gasteiger partial charge in [0.2, 0.25) is 5.82 Å². The van der Waals surface area contributed by atoms with Crippen LogP contribution in [-0.2, 0) is 18.0 Å². The fraction of sp³-hybridized carbons (Fsp3) is 0.333. The lowest BCUT2D eigenvalue weighted by atomic mass is 10.1. The zero-order valence-electron chi connectivity index (χ0n) is 13.6. The maximum Gasteiger partial charge on any atom is 0.451 e. The number of hydrogen-bond acceptors (Lipinski definition) is 6. The van der Waals surface area contributed by atoms with E-state index in [0.717, 1.165) is 16.3 Å². The van der Waals surface area contributed by atoms with Crippen LogP contribution in [0.3, 0.4) is 0 Å². The Morgan fingerprint density at radius 3 is 2.77 bits per heavy atom. The van der Waals surface area contributed by atoms with Crippen LogP contribution in [0.4, 0.5) is 18.9 Å². The van der Waals surface area contributed by atoms with Crippen LogP contribution in [0, 0.1) is 0 Å². The first-order valence-corrected chi connectivity index (χ1v) is 8.29. The van der Waals surface area contributed by atoms with Crippen molar-refractivity contribution < 1.29 is 27.5 Å². The Morgan fingerprint density at radius 2 is 2.12 bits per heavy atom. The third-order valence-electron chi connectivity index (χ3n) is 3.64. The maximum absolute atomic E-state index is 12.8. The minimum Gasteiger partial charge on any atom is -0.482 e. The number of anilines is 1. The molecule has 0 spiro atoms. The number of carbonyl (C=O) groups is 2. The Morgan fingerprint density at radius 1 is 1.38 bits per heavy atom. The van der Waals surface area contributed by atoms with Gasteiger partial charge in [0.1, 0.15) is 5.75 Å². The first kappa shape index (κ1) is 18.2. The second-order valence-corrected chi connectivity index (χ2v) is 6.84. The van der Waals surface area contributed by atoms with E-state index in [1.165, 1.54) is 19.2 Å². The van der Waals surface area contributed by atoms with E-state index < -0.39 is 17.3 Å². The number of ether oxygens (including phenoxy) is 1. The van der Waals surface area contributed by atoms with Crippen LogP contribution in [0.5, 0.6) is 5.75 Å². The second-order valence-electron chi connectivity index (χ2n) is 5.54. The minimum absolute atomic E-state index is 0.0206. The van der Waals surface area contributed by atoms with Crippen LogP contribution >= 0.6 is 11.8 Å². The molecule has 2 heterocycles. The molecule has 0 bridgehead atoms. The zero-order chi connectivity index (χ0) is 19.1. The molecule has 1 atom stereocenters. The molecule has 0 saturated heterocycles. The number of ketones is 1. The molecule has 11 heteroatoms. The van der Waals surface area contributed by atoms with Crippen LogP contribution < -0.4 is 10.1 Å². The summed E-state index contributed by atoms with van der Waals surface area (Å²) < 4.78 is 44.3. The second kappa shape index (κ2) is 6.63. The monoisotopic (exact) mass is 386 g/mol. The number of rotatable bonds is 4. The predicted octanol–water partition coefficient (Wildman–Crippen LogP) is 2.53. The molecule has 1 amide bonds. The van der Waals surface area contributed by atoms with Gasteiger partial charge in [-0.05, 0) is 25.1 Å². The van der Waals surface area contributed by atoms with Crippen molar-refractivity contribution in [1.29, 1.82) is 0 Å². The normalized spacial score (nSPS) is 15.0. The van der Waals surface area contributed by atoms with Crippen molar-refractivity contribution in [2.45, 2.75) is 23.5 Å². The predicted molar refractivity (Wildman–Crippen MR) is 86.2 cm³/mol. The number of alkyl halides is 3. The fourth-order valence-corrected chi connectivity index (χ4v) is 3.24. The average molecular weight is 386 g/mol. The summed E-state index contributed by atoms with van der Waals surface area (Å²) in [5, 5.41) is 8.50. The summed E-state index contributed by atoms with van der Waals surface area (Å²) in [6.07, 6.45) is -4.62. The maximum atomic E-state index is 12.8. The Hall–Kier alpha value is -2.56. The van der Waals surface area contributed by atoms with E-state index in [-0.39, 0.29) is 23.5 Å². The number of thioether (sulfide) groups is 1. The molecule has 2 aromatic rings. The number of carbonyl (C=O) groups excluding carboxylic acids is 2. The highest BCUT2D eigenvalue weighted by atomic mass is 32.2. The highest BCUT2D eigenvalue weighted by Crippen LogP contribution is 2.33. The Labute approximate surface area is 149 Å². The molecule has 1 aliphatic heterocycles. The molecule has 0 saturated carbocycles. The van der Waals surface area contributed by atoms with Crippen molar-refractivity contribution in [3.05, 3.63) is 29.6 Å². The Balaban J connectivity index is 1.78. The van der Waals surface area contributed by atoms with Crippen LogP contribution in [0.1, 0.15) is 23.1 Å². The standard InChI is InChI=1S/C15H13F3N4O3S/c1-7(26-14-21-20-13(22(14)2)15(16,17)18)12(24)8-3-4-10-9(5-8)19-11(23)6-25-10/h3-5,7H,6H2,1-2H3,(H,19,23)/t7-/m0/s1. The molecule has 3 rings (SSSR count). The van der Waals surface area contributed by atoms with Crippen LogP contribution in [0.2, 0.25) is 0 Å². The number of amides is 1. The molecule has 0 unspecified atom stereocenters. The van der Waals surface area contributed by atoms with E-state index in [4.69, 9.17) is 4.74 Å². The van der Waals surface area contributed by atoms with E-state index in [2.05, 4.69) is 15.5 Å².